The molecule has 144 valence electrons. The molecule has 1 aliphatic rings. The number of hydrogen-bond donors (Lipinski definition) is 0. The molecule has 0 atom stereocenters. The van der Waals surface area contributed by atoms with Crippen LogP contribution in [0.15, 0.2) is 65.0 Å². The van der Waals surface area contributed by atoms with Gasteiger partial charge in [-0.25, -0.2) is 0 Å². The Balaban J connectivity index is 1.49. The zero-order valence-electron chi connectivity index (χ0n) is 15.3. The number of nitrogens with zero attached hydrogens (tertiary/aromatic N) is 2. The first kappa shape index (κ1) is 18.8. The van der Waals surface area contributed by atoms with E-state index in [9.17, 15) is 4.79 Å². The lowest BCUT2D eigenvalue weighted by Crippen LogP contribution is -2.16. The van der Waals surface area contributed by atoms with Crippen molar-refractivity contribution in [2.45, 2.75) is 24.3 Å². The van der Waals surface area contributed by atoms with Crippen molar-refractivity contribution in [3.8, 4) is 11.5 Å². The lowest BCUT2D eigenvalue weighted by atomic mass is 10.3. The Hall–Kier alpha value is -2.51. The highest BCUT2D eigenvalue weighted by molar-refractivity contribution is 7.99. The topological polar surface area (TPSA) is 52.8 Å². The summed E-state index contributed by atoms with van der Waals surface area (Å²) >= 11 is 3.24. The number of thiazole rings is 1. The molecule has 0 N–H and O–H groups in total. The number of thioether (sulfide) groups is 1. The van der Waals surface area contributed by atoms with Crippen molar-refractivity contribution in [2.75, 3.05) is 12.5 Å². The molecule has 0 fully saturated rings. The second kappa shape index (κ2) is 8.67. The van der Waals surface area contributed by atoms with Crippen molar-refractivity contribution < 1.29 is 14.3 Å². The van der Waals surface area contributed by atoms with E-state index >= 15 is 0 Å². The van der Waals surface area contributed by atoms with Crippen LogP contribution in [0.4, 0.5) is 0 Å². The van der Waals surface area contributed by atoms with Gasteiger partial charge in [0, 0.05) is 30.0 Å². The molecule has 4 rings (SSSR count). The Morgan fingerprint density at radius 1 is 1.25 bits per heavy atom. The summed E-state index contributed by atoms with van der Waals surface area (Å²) in [6.45, 7) is 4.64. The average molecular weight is 413 g/mol. The Morgan fingerprint density at radius 2 is 2.04 bits per heavy atom. The Kier molecular flexibility index (Phi) is 5.83. The van der Waals surface area contributed by atoms with E-state index in [4.69, 9.17) is 9.47 Å². The molecule has 0 spiro atoms. The molecular formula is C21H20N2O3S2. The van der Waals surface area contributed by atoms with E-state index in [1.165, 1.54) is 16.2 Å². The van der Waals surface area contributed by atoms with E-state index in [1.54, 1.807) is 17.8 Å². The smallest absolute Gasteiger partial charge is 0.248 e. The molecule has 1 amide bonds. The lowest BCUT2D eigenvalue weighted by Gasteiger charge is -2.02. The fourth-order valence-corrected chi connectivity index (χ4v) is 4.88. The summed E-state index contributed by atoms with van der Waals surface area (Å²) in [5, 5.41) is 0. The van der Waals surface area contributed by atoms with Crippen molar-refractivity contribution >= 4 is 39.2 Å². The van der Waals surface area contributed by atoms with Crippen LogP contribution < -0.4 is 14.3 Å². The first-order chi connectivity index (χ1) is 13.7. The van der Waals surface area contributed by atoms with Gasteiger partial charge in [-0.05, 0) is 24.3 Å². The minimum absolute atomic E-state index is 0.0990. The predicted octanol–water partition coefficient (Wildman–Crippen LogP) is 4.62. The van der Waals surface area contributed by atoms with E-state index in [0.29, 0.717) is 17.8 Å². The molecule has 5 nitrogen and oxygen atoms in total. The normalized spacial score (nSPS) is 13.2. The van der Waals surface area contributed by atoms with Crippen molar-refractivity contribution in [2.24, 2.45) is 4.99 Å². The van der Waals surface area contributed by atoms with Crippen molar-refractivity contribution in [1.82, 2.24) is 4.57 Å². The van der Waals surface area contributed by atoms with Crippen molar-refractivity contribution in [1.29, 1.82) is 0 Å². The van der Waals surface area contributed by atoms with Crippen LogP contribution in [-0.4, -0.2) is 23.0 Å². The van der Waals surface area contributed by atoms with Gasteiger partial charge >= 0.3 is 0 Å². The molecule has 2 aromatic carbocycles. The number of allylic oxidation sites excluding steroid dienone is 1. The van der Waals surface area contributed by atoms with Gasteiger partial charge in [0.1, 0.15) is 0 Å². The minimum atomic E-state index is -0.0990. The number of aromatic nitrogens is 1. The van der Waals surface area contributed by atoms with Gasteiger partial charge in [-0.2, -0.15) is 4.99 Å². The number of amides is 1. The second-order valence-electron chi connectivity index (χ2n) is 6.23. The molecule has 28 heavy (non-hydrogen) atoms. The van der Waals surface area contributed by atoms with E-state index < -0.39 is 0 Å². The highest BCUT2D eigenvalue weighted by Crippen LogP contribution is 2.37. The third-order valence-electron chi connectivity index (χ3n) is 4.26. The summed E-state index contributed by atoms with van der Waals surface area (Å²) in [7, 11) is 0. The molecule has 0 saturated carbocycles. The zero-order valence-corrected chi connectivity index (χ0v) is 16.9. The van der Waals surface area contributed by atoms with Crippen LogP contribution in [-0.2, 0) is 11.3 Å². The maximum Gasteiger partial charge on any atom is 0.248 e. The van der Waals surface area contributed by atoms with Gasteiger partial charge in [0.2, 0.25) is 12.7 Å². The number of fused-ring (bicyclic) bond motifs is 2. The minimum Gasteiger partial charge on any atom is -0.454 e. The van der Waals surface area contributed by atoms with E-state index in [0.717, 1.165) is 33.9 Å². The van der Waals surface area contributed by atoms with Crippen LogP contribution in [0.2, 0.25) is 0 Å². The average Bonchev–Trinajstić information content (AvgIpc) is 3.29. The number of rotatable bonds is 7. The van der Waals surface area contributed by atoms with E-state index in [2.05, 4.69) is 23.7 Å². The van der Waals surface area contributed by atoms with Crippen LogP contribution in [0, 0.1) is 0 Å². The quantitative estimate of drug-likeness (QED) is 0.323. The van der Waals surface area contributed by atoms with Gasteiger partial charge in [-0.1, -0.05) is 35.6 Å². The van der Waals surface area contributed by atoms with Crippen molar-refractivity contribution in [3.63, 3.8) is 0 Å². The second-order valence-corrected chi connectivity index (χ2v) is 8.41. The molecule has 0 saturated heterocycles. The van der Waals surface area contributed by atoms with Gasteiger partial charge < -0.3 is 14.0 Å². The van der Waals surface area contributed by atoms with Crippen molar-refractivity contribution in [3.05, 3.63) is 59.9 Å². The number of carbonyl (C=O) groups excluding carboxylic acids is 1. The lowest BCUT2D eigenvalue weighted by molar-refractivity contribution is -0.118. The van der Waals surface area contributed by atoms with Crippen LogP contribution in [0.3, 0.4) is 0 Å². The Morgan fingerprint density at radius 3 is 2.82 bits per heavy atom. The summed E-state index contributed by atoms with van der Waals surface area (Å²) in [6.07, 6.45) is 3.03. The fourth-order valence-electron chi connectivity index (χ4n) is 2.94. The van der Waals surface area contributed by atoms with Crippen LogP contribution in [0.5, 0.6) is 11.5 Å². The SMILES string of the molecule is C=CCn1c(=NC(=O)CCCSc2ccccc2)sc2cc3c(cc21)OCO3. The molecule has 1 aliphatic heterocycles. The van der Waals surface area contributed by atoms with Crippen LogP contribution in [0.1, 0.15) is 12.8 Å². The summed E-state index contributed by atoms with van der Waals surface area (Å²) in [5.41, 5.74) is 0.973. The first-order valence-corrected chi connectivity index (χ1v) is 10.8. The summed E-state index contributed by atoms with van der Waals surface area (Å²) in [5.74, 6) is 2.25. The molecular weight excluding hydrogens is 392 g/mol. The van der Waals surface area contributed by atoms with Gasteiger partial charge in [0.15, 0.2) is 16.3 Å². The van der Waals surface area contributed by atoms with E-state index in [-0.39, 0.29) is 12.7 Å². The maximum absolute atomic E-state index is 12.4. The number of ether oxygens (including phenoxy) is 2. The third-order valence-corrected chi connectivity index (χ3v) is 6.40. The number of carbonyl (C=O) groups is 1. The van der Waals surface area contributed by atoms with E-state index in [1.807, 2.05) is 34.9 Å². The monoisotopic (exact) mass is 412 g/mol. The Labute approximate surface area is 171 Å². The van der Waals surface area contributed by atoms with Gasteiger partial charge in [0.25, 0.3) is 0 Å². The summed E-state index contributed by atoms with van der Waals surface area (Å²) in [6, 6.07) is 14.1. The predicted molar refractivity (Wildman–Crippen MR) is 113 cm³/mol. The molecule has 0 aliphatic carbocycles. The molecule has 0 bridgehead atoms. The highest BCUT2D eigenvalue weighted by atomic mass is 32.2. The summed E-state index contributed by atoms with van der Waals surface area (Å²) < 4.78 is 13.9. The highest BCUT2D eigenvalue weighted by Gasteiger charge is 2.17. The molecule has 3 aromatic rings. The van der Waals surface area contributed by atoms with Gasteiger partial charge in [-0.3, -0.25) is 4.79 Å². The van der Waals surface area contributed by atoms with Gasteiger partial charge in [-0.15, -0.1) is 18.3 Å². The molecule has 2 heterocycles. The van der Waals surface area contributed by atoms with Crippen LogP contribution >= 0.6 is 23.1 Å². The van der Waals surface area contributed by atoms with Crippen LogP contribution in [0.25, 0.3) is 10.2 Å². The zero-order chi connectivity index (χ0) is 19.3. The first-order valence-electron chi connectivity index (χ1n) is 9.04. The fraction of sp³-hybridized carbons (Fsp3) is 0.238. The Bertz CT molecular complexity index is 1070. The van der Waals surface area contributed by atoms with Gasteiger partial charge in [0.05, 0.1) is 10.2 Å². The number of benzene rings is 2. The molecule has 7 heteroatoms. The standard InChI is InChI=1S/C21H20N2O3S2/c1-2-10-23-16-12-17-18(26-14-25-17)13-19(16)28-21(23)22-20(24)9-6-11-27-15-7-4-3-5-8-15/h2-5,7-8,12-13H,1,6,9-11,14H2. The number of hydrogen-bond acceptors (Lipinski definition) is 5. The summed E-state index contributed by atoms with van der Waals surface area (Å²) in [4.78, 5) is 18.7. The largest absolute Gasteiger partial charge is 0.454 e. The molecule has 0 unspecified atom stereocenters. The molecule has 0 radical (unpaired) electrons. The maximum atomic E-state index is 12.4. The third kappa shape index (κ3) is 4.15. The molecule has 1 aromatic heterocycles.